The fraction of sp³-hybridized carbons (Fsp3) is 0.267. The molecule has 17 heavy (non-hydrogen) atoms. The first kappa shape index (κ1) is 15.2. The number of hydrogen-bond acceptors (Lipinski definition) is 1. The number of amides is 1. The molecule has 0 spiro atoms. The van der Waals surface area contributed by atoms with Crippen LogP contribution in [0.1, 0.15) is 25.3 Å². The molecule has 0 unspecified atom stereocenters. The summed E-state index contributed by atoms with van der Waals surface area (Å²) in [5.74, 6) is -0.0801. The standard InChI is InChI=1S/C8H8.C7H13NO/c1-2-8-6-4-3-5-7-8;1-3-5-6-8-7(9)4-2/h2-7H,1H2;4H,2-3,5-6H2,1H3,(H,8,9). The molecule has 0 heterocycles. The molecule has 0 aromatic heterocycles. The number of carbonyl (C=O) groups excluding carboxylic acids is 1. The van der Waals surface area contributed by atoms with Crippen LogP contribution >= 0.6 is 0 Å². The summed E-state index contributed by atoms with van der Waals surface area (Å²) in [5.41, 5.74) is 1.17. The molecule has 92 valence electrons. The third kappa shape index (κ3) is 9.12. The van der Waals surface area contributed by atoms with E-state index in [4.69, 9.17) is 0 Å². The summed E-state index contributed by atoms with van der Waals surface area (Å²) in [6.45, 7) is 9.81. The minimum atomic E-state index is -0.0801. The Bertz CT molecular complexity index is 330. The summed E-state index contributed by atoms with van der Waals surface area (Å²) in [7, 11) is 0. The maximum absolute atomic E-state index is 10.5. The van der Waals surface area contributed by atoms with Gasteiger partial charge in [-0.25, -0.2) is 0 Å². The van der Waals surface area contributed by atoms with E-state index in [1.807, 2.05) is 36.4 Å². The van der Waals surface area contributed by atoms with Crippen LogP contribution in [0.2, 0.25) is 0 Å². The van der Waals surface area contributed by atoms with Gasteiger partial charge in [-0.15, -0.1) is 0 Å². The van der Waals surface area contributed by atoms with E-state index < -0.39 is 0 Å². The zero-order valence-electron chi connectivity index (χ0n) is 10.5. The van der Waals surface area contributed by atoms with Gasteiger partial charge in [-0.2, -0.15) is 0 Å². The molecule has 1 rings (SSSR count). The molecule has 1 aromatic carbocycles. The van der Waals surface area contributed by atoms with Crippen LogP contribution in [-0.4, -0.2) is 12.5 Å². The molecule has 0 saturated carbocycles. The molecule has 0 saturated heterocycles. The highest BCUT2D eigenvalue weighted by Crippen LogP contribution is 1.97. The maximum atomic E-state index is 10.5. The lowest BCUT2D eigenvalue weighted by Gasteiger charge is -1.97. The highest BCUT2D eigenvalue weighted by Gasteiger charge is 1.88. The molecule has 0 radical (unpaired) electrons. The van der Waals surface area contributed by atoms with Crippen molar-refractivity contribution in [3.8, 4) is 0 Å². The fourth-order valence-corrected chi connectivity index (χ4v) is 1.05. The lowest BCUT2D eigenvalue weighted by molar-refractivity contribution is -0.116. The van der Waals surface area contributed by atoms with Crippen molar-refractivity contribution in [1.29, 1.82) is 0 Å². The normalized spacial score (nSPS) is 8.53. The molecule has 1 N–H and O–H groups in total. The third-order valence-electron chi connectivity index (χ3n) is 2.05. The lowest BCUT2D eigenvalue weighted by Crippen LogP contribution is -2.21. The van der Waals surface area contributed by atoms with Crippen LogP contribution in [0, 0.1) is 0 Å². The SMILES string of the molecule is C=CC(=O)NCCCC.C=Cc1ccccc1. The fourth-order valence-electron chi connectivity index (χ4n) is 1.05. The van der Waals surface area contributed by atoms with Gasteiger partial charge in [0.25, 0.3) is 0 Å². The smallest absolute Gasteiger partial charge is 0.243 e. The average molecular weight is 231 g/mol. The number of nitrogens with one attached hydrogen (secondary N) is 1. The molecular formula is C15H21NO. The Hall–Kier alpha value is -1.83. The molecule has 0 atom stereocenters. The minimum absolute atomic E-state index is 0.0801. The molecule has 0 bridgehead atoms. The van der Waals surface area contributed by atoms with Gasteiger partial charge in [-0.05, 0) is 18.1 Å². The first-order chi connectivity index (χ1) is 8.24. The van der Waals surface area contributed by atoms with Crippen LogP contribution in [0.15, 0.2) is 49.6 Å². The summed E-state index contributed by atoms with van der Waals surface area (Å²) in [6.07, 6.45) is 5.27. The van der Waals surface area contributed by atoms with Gasteiger partial charge in [0, 0.05) is 6.54 Å². The molecule has 0 aliphatic carbocycles. The van der Waals surface area contributed by atoms with E-state index in [-0.39, 0.29) is 5.91 Å². The van der Waals surface area contributed by atoms with Crippen LogP contribution < -0.4 is 5.32 Å². The van der Waals surface area contributed by atoms with Crippen molar-refractivity contribution in [3.05, 3.63) is 55.1 Å². The first-order valence-electron chi connectivity index (χ1n) is 5.82. The van der Waals surface area contributed by atoms with Gasteiger partial charge in [0.1, 0.15) is 0 Å². The number of benzene rings is 1. The van der Waals surface area contributed by atoms with E-state index in [0.717, 1.165) is 19.4 Å². The molecule has 0 aliphatic heterocycles. The van der Waals surface area contributed by atoms with Crippen molar-refractivity contribution in [3.63, 3.8) is 0 Å². The third-order valence-corrected chi connectivity index (χ3v) is 2.05. The second-order valence-electron chi connectivity index (χ2n) is 3.46. The molecule has 2 heteroatoms. The van der Waals surface area contributed by atoms with E-state index >= 15 is 0 Å². The van der Waals surface area contributed by atoms with Gasteiger partial charge in [-0.1, -0.05) is 62.9 Å². The van der Waals surface area contributed by atoms with Crippen LogP contribution in [0.25, 0.3) is 6.08 Å². The summed E-state index contributed by atoms with van der Waals surface area (Å²) in [4.78, 5) is 10.5. The van der Waals surface area contributed by atoms with Gasteiger partial charge in [0.05, 0.1) is 0 Å². The predicted octanol–water partition coefficient (Wildman–Crippen LogP) is 3.42. The Labute approximate surface area is 104 Å². The van der Waals surface area contributed by atoms with Gasteiger partial charge in [0.2, 0.25) is 5.91 Å². The second-order valence-corrected chi connectivity index (χ2v) is 3.46. The zero-order chi connectivity index (χ0) is 12.9. The molecule has 1 amide bonds. The van der Waals surface area contributed by atoms with E-state index in [0.29, 0.717) is 0 Å². The van der Waals surface area contributed by atoms with Gasteiger partial charge in [0.15, 0.2) is 0 Å². The number of carbonyl (C=O) groups is 1. The van der Waals surface area contributed by atoms with Crippen LogP contribution in [-0.2, 0) is 4.79 Å². The highest BCUT2D eigenvalue weighted by atomic mass is 16.1. The lowest BCUT2D eigenvalue weighted by atomic mass is 10.2. The first-order valence-corrected chi connectivity index (χ1v) is 5.82. The number of rotatable bonds is 5. The van der Waals surface area contributed by atoms with Crippen molar-refractivity contribution in [2.24, 2.45) is 0 Å². The highest BCUT2D eigenvalue weighted by molar-refractivity contribution is 5.86. The Morgan fingerprint density at radius 1 is 1.29 bits per heavy atom. The van der Waals surface area contributed by atoms with Crippen molar-refractivity contribution in [2.75, 3.05) is 6.54 Å². The number of hydrogen-bond donors (Lipinski definition) is 1. The topological polar surface area (TPSA) is 29.1 Å². The van der Waals surface area contributed by atoms with E-state index in [1.54, 1.807) is 0 Å². The molecular weight excluding hydrogens is 210 g/mol. The largest absolute Gasteiger partial charge is 0.353 e. The summed E-state index contributed by atoms with van der Waals surface area (Å²) in [6, 6.07) is 10.0. The number of unbranched alkanes of at least 4 members (excludes halogenated alkanes) is 1. The second kappa shape index (κ2) is 10.7. The molecule has 0 aliphatic rings. The zero-order valence-corrected chi connectivity index (χ0v) is 10.5. The van der Waals surface area contributed by atoms with E-state index in [2.05, 4.69) is 25.4 Å². The molecule has 1 aromatic rings. The maximum Gasteiger partial charge on any atom is 0.243 e. The minimum Gasteiger partial charge on any atom is -0.353 e. The summed E-state index contributed by atoms with van der Waals surface area (Å²) in [5, 5.41) is 2.68. The van der Waals surface area contributed by atoms with E-state index in [9.17, 15) is 4.79 Å². The van der Waals surface area contributed by atoms with Gasteiger partial charge >= 0.3 is 0 Å². The Balaban J connectivity index is 0.000000302. The molecule has 2 nitrogen and oxygen atoms in total. The average Bonchev–Trinajstić information content (AvgIpc) is 2.40. The Morgan fingerprint density at radius 2 is 1.94 bits per heavy atom. The van der Waals surface area contributed by atoms with Gasteiger partial charge < -0.3 is 5.32 Å². The van der Waals surface area contributed by atoms with Crippen molar-refractivity contribution in [2.45, 2.75) is 19.8 Å². The molecule has 0 fully saturated rings. The summed E-state index contributed by atoms with van der Waals surface area (Å²) < 4.78 is 0. The predicted molar refractivity (Wildman–Crippen MR) is 74.6 cm³/mol. The van der Waals surface area contributed by atoms with Crippen molar-refractivity contribution in [1.82, 2.24) is 5.32 Å². The monoisotopic (exact) mass is 231 g/mol. The Morgan fingerprint density at radius 3 is 2.35 bits per heavy atom. The van der Waals surface area contributed by atoms with Crippen LogP contribution in [0.4, 0.5) is 0 Å². The van der Waals surface area contributed by atoms with E-state index in [1.165, 1.54) is 11.6 Å². The van der Waals surface area contributed by atoms with Crippen molar-refractivity contribution < 1.29 is 4.79 Å². The quantitative estimate of drug-likeness (QED) is 0.610. The van der Waals surface area contributed by atoms with Gasteiger partial charge in [-0.3, -0.25) is 4.79 Å². The summed E-state index contributed by atoms with van der Waals surface area (Å²) >= 11 is 0. The van der Waals surface area contributed by atoms with Crippen LogP contribution in [0.5, 0.6) is 0 Å². The van der Waals surface area contributed by atoms with Crippen LogP contribution in [0.3, 0.4) is 0 Å². The Kier molecular flexibility index (Phi) is 9.53. The van der Waals surface area contributed by atoms with Crippen molar-refractivity contribution >= 4 is 12.0 Å².